The Morgan fingerprint density at radius 2 is 2.04 bits per heavy atom. The fraction of sp³-hybridized carbons (Fsp3) is 0.278. The van der Waals surface area contributed by atoms with Gasteiger partial charge in [0.25, 0.3) is 11.6 Å². The van der Waals surface area contributed by atoms with Crippen LogP contribution in [0, 0.1) is 10.1 Å². The molecule has 3 rings (SSSR count). The summed E-state index contributed by atoms with van der Waals surface area (Å²) < 4.78 is 5.94. The van der Waals surface area contributed by atoms with Crippen LogP contribution < -0.4 is 15.8 Å². The Hall–Kier alpha value is -3.09. The van der Waals surface area contributed by atoms with E-state index in [1.165, 1.54) is 18.2 Å². The van der Waals surface area contributed by atoms with Gasteiger partial charge in [-0.2, -0.15) is 0 Å². The Morgan fingerprint density at radius 1 is 1.32 bits per heavy atom. The van der Waals surface area contributed by atoms with Crippen molar-refractivity contribution in [1.82, 2.24) is 5.32 Å². The molecule has 7 heteroatoms. The molecule has 1 unspecified atom stereocenters. The number of nitrogen functional groups attached to an aromatic ring is 1. The molecule has 0 radical (unpaired) electrons. The van der Waals surface area contributed by atoms with Gasteiger partial charge >= 0.3 is 0 Å². The number of rotatable bonds is 3. The molecule has 0 spiro atoms. The maximum atomic E-state index is 12.7. The minimum absolute atomic E-state index is 0.0299. The molecule has 7 nitrogen and oxygen atoms in total. The van der Waals surface area contributed by atoms with Crippen LogP contribution in [0.15, 0.2) is 42.5 Å². The van der Waals surface area contributed by atoms with E-state index >= 15 is 0 Å². The summed E-state index contributed by atoms with van der Waals surface area (Å²) in [6, 6.07) is 10.8. The van der Waals surface area contributed by atoms with Crippen LogP contribution in [-0.4, -0.2) is 16.4 Å². The first-order valence-corrected chi connectivity index (χ1v) is 7.89. The van der Waals surface area contributed by atoms with Crippen molar-refractivity contribution in [2.75, 3.05) is 5.73 Å². The van der Waals surface area contributed by atoms with Crippen LogP contribution >= 0.6 is 0 Å². The second-order valence-corrected chi connectivity index (χ2v) is 6.66. The smallest absolute Gasteiger partial charge is 0.282 e. The van der Waals surface area contributed by atoms with Gasteiger partial charge in [-0.1, -0.05) is 12.1 Å². The summed E-state index contributed by atoms with van der Waals surface area (Å²) in [6.07, 6.45) is 0.524. The van der Waals surface area contributed by atoms with E-state index < -0.39 is 16.4 Å². The first kappa shape index (κ1) is 16.8. The number of nitrogens with zero attached hydrogens (tertiary/aromatic N) is 1. The molecule has 130 valence electrons. The Balaban J connectivity index is 1.94. The third-order valence-corrected chi connectivity index (χ3v) is 4.14. The number of ether oxygens (including phenoxy) is 1. The number of nitrogens with one attached hydrogen (secondary N) is 1. The summed E-state index contributed by atoms with van der Waals surface area (Å²) in [6.45, 7) is 3.85. The largest absolute Gasteiger partial charge is 0.487 e. The van der Waals surface area contributed by atoms with Crippen molar-refractivity contribution < 1.29 is 14.5 Å². The molecule has 25 heavy (non-hydrogen) atoms. The van der Waals surface area contributed by atoms with Gasteiger partial charge in [0.2, 0.25) is 0 Å². The first-order chi connectivity index (χ1) is 11.8. The van der Waals surface area contributed by atoms with E-state index in [4.69, 9.17) is 10.5 Å². The number of nitrogens with two attached hydrogens (primary N) is 1. The van der Waals surface area contributed by atoms with E-state index in [9.17, 15) is 14.9 Å². The number of anilines is 1. The molecular formula is C18H19N3O4. The fourth-order valence-corrected chi connectivity index (χ4v) is 3.06. The lowest BCUT2D eigenvalue weighted by molar-refractivity contribution is -0.385. The highest BCUT2D eigenvalue weighted by molar-refractivity contribution is 5.98. The highest BCUT2D eigenvalue weighted by Gasteiger charge is 2.35. The lowest BCUT2D eigenvalue weighted by Crippen LogP contribution is -2.41. The molecule has 0 aliphatic carbocycles. The number of benzene rings is 2. The van der Waals surface area contributed by atoms with E-state index in [0.717, 1.165) is 5.56 Å². The molecule has 0 aromatic heterocycles. The van der Waals surface area contributed by atoms with Crippen LogP contribution in [0.25, 0.3) is 0 Å². The number of nitro benzene ring substituents is 1. The normalized spacial score (nSPS) is 17.9. The van der Waals surface area contributed by atoms with Gasteiger partial charge in [0.1, 0.15) is 16.9 Å². The van der Waals surface area contributed by atoms with Crippen LogP contribution in [0.1, 0.15) is 42.2 Å². The van der Waals surface area contributed by atoms with Gasteiger partial charge in [-0.05, 0) is 38.1 Å². The molecule has 0 bridgehead atoms. The molecule has 0 saturated carbocycles. The van der Waals surface area contributed by atoms with Crippen molar-refractivity contribution in [2.45, 2.75) is 31.9 Å². The first-order valence-electron chi connectivity index (χ1n) is 7.89. The molecule has 2 aromatic carbocycles. The highest BCUT2D eigenvalue weighted by atomic mass is 16.6. The van der Waals surface area contributed by atoms with Crippen molar-refractivity contribution in [3.63, 3.8) is 0 Å². The van der Waals surface area contributed by atoms with Crippen molar-refractivity contribution in [3.8, 4) is 5.75 Å². The van der Waals surface area contributed by atoms with E-state index in [1.54, 1.807) is 24.3 Å². The maximum absolute atomic E-state index is 12.7. The van der Waals surface area contributed by atoms with Gasteiger partial charge in [0, 0.05) is 23.7 Å². The van der Waals surface area contributed by atoms with Crippen LogP contribution in [0.4, 0.5) is 11.4 Å². The van der Waals surface area contributed by atoms with Gasteiger partial charge in [-0.3, -0.25) is 14.9 Å². The zero-order chi connectivity index (χ0) is 18.2. The number of hydrogen-bond donors (Lipinski definition) is 2. The summed E-state index contributed by atoms with van der Waals surface area (Å²) in [4.78, 5) is 23.2. The second kappa shape index (κ2) is 6.08. The maximum Gasteiger partial charge on any atom is 0.282 e. The predicted molar refractivity (Wildman–Crippen MR) is 93.5 cm³/mol. The van der Waals surface area contributed by atoms with Gasteiger partial charge in [0.15, 0.2) is 0 Å². The Kier molecular flexibility index (Phi) is 4.08. The zero-order valence-corrected chi connectivity index (χ0v) is 14.0. The highest BCUT2D eigenvalue weighted by Crippen LogP contribution is 2.40. The Morgan fingerprint density at radius 3 is 2.76 bits per heavy atom. The number of nitro groups is 1. The summed E-state index contributed by atoms with van der Waals surface area (Å²) in [5.74, 6) is 0.154. The molecular weight excluding hydrogens is 322 g/mol. The van der Waals surface area contributed by atoms with E-state index in [1.807, 2.05) is 13.8 Å². The molecule has 1 atom stereocenters. The van der Waals surface area contributed by atoms with Gasteiger partial charge in [-0.25, -0.2) is 0 Å². The minimum Gasteiger partial charge on any atom is -0.487 e. The number of amides is 1. The summed E-state index contributed by atoms with van der Waals surface area (Å²) in [5, 5.41) is 14.0. The van der Waals surface area contributed by atoms with Crippen molar-refractivity contribution in [2.24, 2.45) is 0 Å². The monoisotopic (exact) mass is 341 g/mol. The number of fused-ring (bicyclic) bond motifs is 1. The second-order valence-electron chi connectivity index (χ2n) is 6.66. The minimum atomic E-state index is -0.561. The summed E-state index contributed by atoms with van der Waals surface area (Å²) >= 11 is 0. The molecule has 0 fully saturated rings. The quantitative estimate of drug-likeness (QED) is 0.506. The van der Waals surface area contributed by atoms with E-state index in [2.05, 4.69) is 5.32 Å². The third-order valence-electron chi connectivity index (χ3n) is 4.14. The molecule has 1 amide bonds. The zero-order valence-electron chi connectivity index (χ0n) is 14.0. The van der Waals surface area contributed by atoms with Crippen LogP contribution in [0.3, 0.4) is 0 Å². The van der Waals surface area contributed by atoms with Gasteiger partial charge in [-0.15, -0.1) is 0 Å². The van der Waals surface area contributed by atoms with E-state index in [-0.39, 0.29) is 17.3 Å². The third kappa shape index (κ3) is 3.40. The number of carbonyl (C=O) groups is 1. The SMILES string of the molecule is CC1(C)CC(NC(=O)c2ccccc2[N+](=O)[O-])c2cc(N)ccc2O1. The van der Waals surface area contributed by atoms with Crippen molar-refractivity contribution >= 4 is 17.3 Å². The van der Waals surface area contributed by atoms with E-state index in [0.29, 0.717) is 17.9 Å². The van der Waals surface area contributed by atoms with Crippen molar-refractivity contribution in [1.29, 1.82) is 0 Å². The molecule has 0 saturated heterocycles. The summed E-state index contributed by atoms with van der Waals surface area (Å²) in [7, 11) is 0. The average Bonchev–Trinajstić information content (AvgIpc) is 2.54. The van der Waals surface area contributed by atoms with Crippen LogP contribution in [-0.2, 0) is 0 Å². The number of carbonyl (C=O) groups excluding carboxylic acids is 1. The number of para-hydroxylation sites is 1. The van der Waals surface area contributed by atoms with Crippen LogP contribution in [0.5, 0.6) is 5.75 Å². The van der Waals surface area contributed by atoms with Crippen LogP contribution in [0.2, 0.25) is 0 Å². The number of hydrogen-bond acceptors (Lipinski definition) is 5. The molecule has 3 N–H and O–H groups in total. The lowest BCUT2D eigenvalue weighted by Gasteiger charge is -2.38. The molecule has 2 aromatic rings. The Bertz CT molecular complexity index is 848. The van der Waals surface area contributed by atoms with Crippen molar-refractivity contribution in [3.05, 3.63) is 63.7 Å². The standard InChI is InChI=1S/C18H19N3O4/c1-18(2)10-14(13-9-11(19)7-8-16(13)25-18)20-17(22)12-5-3-4-6-15(12)21(23)24/h3-9,14H,10,19H2,1-2H3,(H,20,22). The summed E-state index contributed by atoms with van der Waals surface area (Å²) in [5.41, 5.74) is 6.52. The van der Waals surface area contributed by atoms with Gasteiger partial charge < -0.3 is 15.8 Å². The molecule has 1 aliphatic heterocycles. The molecule has 1 aliphatic rings. The average molecular weight is 341 g/mol. The molecule has 1 heterocycles. The predicted octanol–water partition coefficient (Wildman–Crippen LogP) is 3.21. The fourth-order valence-electron chi connectivity index (χ4n) is 3.06. The topological polar surface area (TPSA) is 107 Å². The Labute approximate surface area is 144 Å². The lowest BCUT2D eigenvalue weighted by atomic mass is 9.89. The van der Waals surface area contributed by atoms with Gasteiger partial charge in [0.05, 0.1) is 11.0 Å².